The van der Waals surface area contributed by atoms with Crippen LogP contribution in [0, 0.1) is 13.8 Å². The molecule has 2 N–H and O–H groups in total. The molecule has 24 heavy (non-hydrogen) atoms. The number of nitrogens with one attached hydrogen (secondary N) is 1. The summed E-state index contributed by atoms with van der Waals surface area (Å²) in [4.78, 5) is 14.4. The zero-order valence-corrected chi connectivity index (χ0v) is 14.2. The molecule has 1 aliphatic carbocycles. The molecule has 1 aliphatic rings. The Morgan fingerprint density at radius 1 is 1.33 bits per heavy atom. The molecule has 0 radical (unpaired) electrons. The Bertz CT molecular complexity index is 704. The number of rotatable bonds is 7. The second-order valence-electron chi connectivity index (χ2n) is 6.39. The first-order valence-corrected chi connectivity index (χ1v) is 8.35. The van der Waals surface area contributed by atoms with Gasteiger partial charge in [-0.15, -0.1) is 0 Å². The second kappa shape index (κ2) is 7.15. The van der Waals surface area contributed by atoms with Crippen LogP contribution in [-0.4, -0.2) is 51.4 Å². The number of aliphatic hydroxyl groups excluding tert-OH is 1. The van der Waals surface area contributed by atoms with E-state index in [2.05, 4.69) is 10.4 Å². The minimum atomic E-state index is -0.0800. The number of aromatic nitrogens is 2. The van der Waals surface area contributed by atoms with Gasteiger partial charge >= 0.3 is 0 Å². The van der Waals surface area contributed by atoms with Gasteiger partial charge < -0.3 is 10.4 Å². The number of nitrogens with zero attached hydrogens (tertiary/aromatic N) is 3. The van der Waals surface area contributed by atoms with Gasteiger partial charge in [0.05, 0.1) is 24.5 Å². The SMILES string of the molecule is Cc1ccc(-n2nc(C)cc2NC(=O)CN(CCO)C2CC2)cc1. The molecule has 1 heterocycles. The van der Waals surface area contributed by atoms with E-state index in [0.717, 1.165) is 24.2 Å². The van der Waals surface area contributed by atoms with E-state index in [1.54, 1.807) is 4.68 Å². The van der Waals surface area contributed by atoms with Crippen molar-refractivity contribution in [3.63, 3.8) is 0 Å². The molecule has 0 aliphatic heterocycles. The van der Waals surface area contributed by atoms with Crippen molar-refractivity contribution in [3.8, 4) is 5.69 Å². The summed E-state index contributed by atoms with van der Waals surface area (Å²) >= 11 is 0. The first-order chi connectivity index (χ1) is 11.6. The fraction of sp³-hybridized carbons (Fsp3) is 0.444. The normalized spacial score (nSPS) is 14.2. The lowest BCUT2D eigenvalue weighted by Gasteiger charge is -2.20. The van der Waals surface area contributed by atoms with Gasteiger partial charge in [-0.2, -0.15) is 5.10 Å². The van der Waals surface area contributed by atoms with E-state index in [1.165, 1.54) is 5.56 Å². The quantitative estimate of drug-likeness (QED) is 0.814. The number of carbonyl (C=O) groups excluding carboxylic acids is 1. The standard InChI is InChI=1S/C18H24N4O2/c1-13-3-5-16(6-4-13)22-17(11-14(2)20-22)19-18(24)12-21(9-10-23)15-7-8-15/h3-6,11,15,23H,7-10,12H2,1-2H3,(H,19,24). The van der Waals surface area contributed by atoms with Gasteiger partial charge in [-0.25, -0.2) is 4.68 Å². The summed E-state index contributed by atoms with van der Waals surface area (Å²) in [7, 11) is 0. The molecule has 6 nitrogen and oxygen atoms in total. The van der Waals surface area contributed by atoms with Crippen LogP contribution in [-0.2, 0) is 4.79 Å². The predicted molar refractivity (Wildman–Crippen MR) is 93.3 cm³/mol. The summed E-state index contributed by atoms with van der Waals surface area (Å²) < 4.78 is 1.75. The highest BCUT2D eigenvalue weighted by atomic mass is 16.3. The van der Waals surface area contributed by atoms with Gasteiger partial charge in [0.15, 0.2) is 0 Å². The van der Waals surface area contributed by atoms with Crippen molar-refractivity contribution >= 4 is 11.7 Å². The van der Waals surface area contributed by atoms with Crippen molar-refractivity contribution in [3.05, 3.63) is 41.6 Å². The fourth-order valence-corrected chi connectivity index (χ4v) is 2.80. The Morgan fingerprint density at radius 3 is 2.67 bits per heavy atom. The fourth-order valence-electron chi connectivity index (χ4n) is 2.80. The third-order valence-electron chi connectivity index (χ3n) is 4.17. The predicted octanol–water partition coefficient (Wildman–Crippen LogP) is 1.88. The van der Waals surface area contributed by atoms with Crippen molar-refractivity contribution in [2.24, 2.45) is 0 Å². The molecule has 1 aromatic heterocycles. The summed E-state index contributed by atoms with van der Waals surface area (Å²) in [6.07, 6.45) is 2.21. The minimum absolute atomic E-state index is 0.0736. The van der Waals surface area contributed by atoms with Gasteiger partial charge in [-0.05, 0) is 38.8 Å². The third kappa shape index (κ3) is 4.01. The summed E-state index contributed by atoms with van der Waals surface area (Å²) in [5, 5.41) is 16.6. The van der Waals surface area contributed by atoms with Crippen LogP contribution < -0.4 is 5.32 Å². The van der Waals surface area contributed by atoms with Crippen LogP contribution in [0.3, 0.4) is 0 Å². The van der Waals surface area contributed by atoms with E-state index in [4.69, 9.17) is 5.11 Å². The topological polar surface area (TPSA) is 70.4 Å². The number of carbonyl (C=O) groups is 1. The molecular formula is C18H24N4O2. The molecule has 128 valence electrons. The lowest BCUT2D eigenvalue weighted by molar-refractivity contribution is -0.117. The van der Waals surface area contributed by atoms with Crippen LogP contribution >= 0.6 is 0 Å². The molecule has 0 bridgehead atoms. The third-order valence-corrected chi connectivity index (χ3v) is 4.17. The first-order valence-electron chi connectivity index (χ1n) is 8.35. The molecule has 0 saturated heterocycles. The molecule has 1 fully saturated rings. The minimum Gasteiger partial charge on any atom is -0.395 e. The maximum atomic E-state index is 12.4. The largest absolute Gasteiger partial charge is 0.395 e. The average molecular weight is 328 g/mol. The number of benzene rings is 1. The van der Waals surface area contributed by atoms with Gasteiger partial charge in [0.2, 0.25) is 5.91 Å². The Hall–Kier alpha value is -2.18. The van der Waals surface area contributed by atoms with Crippen molar-refractivity contribution in [1.29, 1.82) is 0 Å². The van der Waals surface area contributed by atoms with Gasteiger partial charge in [-0.1, -0.05) is 17.7 Å². The number of hydrogen-bond donors (Lipinski definition) is 2. The summed E-state index contributed by atoms with van der Waals surface area (Å²) in [5.41, 5.74) is 2.94. The maximum absolute atomic E-state index is 12.4. The molecule has 3 rings (SSSR count). The Kier molecular flexibility index (Phi) is 4.97. The summed E-state index contributed by atoms with van der Waals surface area (Å²) in [6.45, 7) is 4.85. The van der Waals surface area contributed by atoms with E-state index < -0.39 is 0 Å². The zero-order valence-electron chi connectivity index (χ0n) is 14.2. The van der Waals surface area contributed by atoms with E-state index in [0.29, 0.717) is 24.9 Å². The molecule has 6 heteroatoms. The number of aliphatic hydroxyl groups is 1. The van der Waals surface area contributed by atoms with Crippen molar-refractivity contribution in [2.75, 3.05) is 25.0 Å². The van der Waals surface area contributed by atoms with E-state index >= 15 is 0 Å². The lowest BCUT2D eigenvalue weighted by Crippen LogP contribution is -2.37. The van der Waals surface area contributed by atoms with Crippen molar-refractivity contribution in [1.82, 2.24) is 14.7 Å². The molecule has 0 spiro atoms. The smallest absolute Gasteiger partial charge is 0.239 e. The highest BCUT2D eigenvalue weighted by Gasteiger charge is 2.29. The van der Waals surface area contributed by atoms with Gasteiger partial charge in [-0.3, -0.25) is 9.69 Å². The van der Waals surface area contributed by atoms with Gasteiger partial charge in [0.1, 0.15) is 5.82 Å². The van der Waals surface area contributed by atoms with Crippen molar-refractivity contribution in [2.45, 2.75) is 32.7 Å². The van der Waals surface area contributed by atoms with Crippen LogP contribution in [0.15, 0.2) is 30.3 Å². The number of anilines is 1. The molecule has 0 atom stereocenters. The van der Waals surface area contributed by atoms with Crippen LogP contribution in [0.25, 0.3) is 5.69 Å². The number of hydrogen-bond acceptors (Lipinski definition) is 4. The Morgan fingerprint density at radius 2 is 2.04 bits per heavy atom. The molecule has 1 saturated carbocycles. The van der Waals surface area contributed by atoms with Crippen LogP contribution in [0.5, 0.6) is 0 Å². The van der Waals surface area contributed by atoms with Gasteiger partial charge in [0.25, 0.3) is 0 Å². The summed E-state index contributed by atoms with van der Waals surface area (Å²) in [5.74, 6) is 0.588. The first kappa shape index (κ1) is 16.7. The van der Waals surface area contributed by atoms with E-state index in [9.17, 15) is 4.79 Å². The number of amides is 1. The molecule has 2 aromatic rings. The van der Waals surface area contributed by atoms with Crippen molar-refractivity contribution < 1.29 is 9.90 Å². The lowest BCUT2D eigenvalue weighted by atomic mass is 10.2. The molecule has 1 amide bonds. The second-order valence-corrected chi connectivity index (χ2v) is 6.39. The highest BCUT2D eigenvalue weighted by Crippen LogP contribution is 2.26. The summed E-state index contributed by atoms with van der Waals surface area (Å²) in [6, 6.07) is 10.3. The highest BCUT2D eigenvalue weighted by molar-refractivity contribution is 5.91. The number of aryl methyl sites for hydroxylation is 2. The van der Waals surface area contributed by atoms with E-state index in [1.807, 2.05) is 49.1 Å². The van der Waals surface area contributed by atoms with E-state index in [-0.39, 0.29) is 12.5 Å². The Balaban J connectivity index is 1.72. The monoisotopic (exact) mass is 328 g/mol. The van der Waals surface area contributed by atoms with Crippen LogP contribution in [0.2, 0.25) is 0 Å². The molecular weight excluding hydrogens is 304 g/mol. The maximum Gasteiger partial charge on any atom is 0.239 e. The Labute approximate surface area is 142 Å². The van der Waals surface area contributed by atoms with Crippen LogP contribution in [0.4, 0.5) is 5.82 Å². The molecule has 0 unspecified atom stereocenters. The van der Waals surface area contributed by atoms with Gasteiger partial charge in [0, 0.05) is 18.7 Å². The molecule has 1 aromatic carbocycles. The van der Waals surface area contributed by atoms with Crippen LogP contribution in [0.1, 0.15) is 24.1 Å². The zero-order chi connectivity index (χ0) is 17.1. The average Bonchev–Trinajstić information content (AvgIpc) is 3.32.